The highest BCUT2D eigenvalue weighted by Crippen LogP contribution is 2.46. The van der Waals surface area contributed by atoms with Gasteiger partial charge >= 0.3 is 0 Å². The molecule has 0 saturated heterocycles. The minimum Gasteiger partial charge on any atom is -0.455 e. The van der Waals surface area contributed by atoms with Crippen molar-refractivity contribution in [3.05, 3.63) is 243 Å². The molecular formula is C63H40N4O. The third kappa shape index (κ3) is 6.68. The second-order valence-electron chi connectivity index (χ2n) is 17.1. The fourth-order valence-corrected chi connectivity index (χ4v) is 9.94. The van der Waals surface area contributed by atoms with E-state index < -0.39 is 0 Å². The molecule has 0 N–H and O–H groups in total. The molecule has 10 aromatic carbocycles. The molecule has 13 rings (SSSR count). The standard InChI is InChI=1S/C63H40N4O/c1-6-19-41(20-7-1)45-33-35-48(42-21-8-2-9-22-42)53(39-45)46-34-36-49(54(40-46)63-65-61(43-23-10-3-11-24-43)64-62(66-63)44-25-12-4-13-26-44)50-30-18-31-52-59-57(68-60(50)52)38-37-56-58(59)51-29-16-17-32-55(51)67(56)47-27-14-5-15-28-47/h1-40H. The first-order valence-electron chi connectivity index (χ1n) is 22.9. The van der Waals surface area contributed by atoms with Crippen molar-refractivity contribution in [2.75, 3.05) is 0 Å². The number of hydrogen-bond acceptors (Lipinski definition) is 4. The van der Waals surface area contributed by atoms with Gasteiger partial charge in [0.05, 0.1) is 11.0 Å². The quantitative estimate of drug-likeness (QED) is 0.153. The van der Waals surface area contributed by atoms with Gasteiger partial charge in [0, 0.05) is 49.5 Å². The second-order valence-corrected chi connectivity index (χ2v) is 17.1. The first-order chi connectivity index (χ1) is 33.7. The smallest absolute Gasteiger partial charge is 0.164 e. The Labute approximate surface area is 392 Å². The number of fused-ring (bicyclic) bond motifs is 7. The Balaban J connectivity index is 1.09. The van der Waals surface area contributed by atoms with Crippen molar-refractivity contribution in [3.63, 3.8) is 0 Å². The van der Waals surface area contributed by atoms with Crippen molar-refractivity contribution < 1.29 is 4.42 Å². The van der Waals surface area contributed by atoms with Crippen LogP contribution in [0.3, 0.4) is 0 Å². The highest BCUT2D eigenvalue weighted by Gasteiger charge is 2.24. The van der Waals surface area contributed by atoms with Gasteiger partial charge in [-0.05, 0) is 81.4 Å². The Morgan fingerprint density at radius 3 is 1.53 bits per heavy atom. The van der Waals surface area contributed by atoms with Gasteiger partial charge in [-0.15, -0.1) is 0 Å². The van der Waals surface area contributed by atoms with Crippen LogP contribution in [0.25, 0.3) is 128 Å². The zero-order valence-corrected chi connectivity index (χ0v) is 36.8. The predicted octanol–water partition coefficient (Wildman–Crippen LogP) is 16.5. The molecule has 68 heavy (non-hydrogen) atoms. The lowest BCUT2D eigenvalue weighted by Crippen LogP contribution is -2.01. The predicted molar refractivity (Wildman–Crippen MR) is 279 cm³/mol. The van der Waals surface area contributed by atoms with Crippen LogP contribution in [-0.2, 0) is 0 Å². The number of rotatable bonds is 8. The normalized spacial score (nSPS) is 11.5. The summed E-state index contributed by atoms with van der Waals surface area (Å²) in [6.07, 6.45) is 0. The van der Waals surface area contributed by atoms with Crippen molar-refractivity contribution in [2.24, 2.45) is 0 Å². The summed E-state index contributed by atoms with van der Waals surface area (Å²) in [6.45, 7) is 0. The number of hydrogen-bond donors (Lipinski definition) is 0. The maximum absolute atomic E-state index is 7.08. The van der Waals surface area contributed by atoms with E-state index in [4.69, 9.17) is 19.4 Å². The SMILES string of the molecule is c1ccc(-c2ccc(-c3ccccc3)c(-c3ccc(-c4cccc5c4oc4ccc6c(c7ccccc7n6-c6ccccc6)c45)c(-c4nc(-c5ccccc5)nc(-c5ccccc5)n4)c3)c2)cc1. The van der Waals surface area contributed by atoms with E-state index in [-0.39, 0.29) is 0 Å². The zero-order valence-electron chi connectivity index (χ0n) is 36.8. The summed E-state index contributed by atoms with van der Waals surface area (Å²) in [5.74, 6) is 1.76. The molecule has 0 aliphatic heterocycles. The fourth-order valence-electron chi connectivity index (χ4n) is 9.94. The molecule has 0 fully saturated rings. The Morgan fingerprint density at radius 1 is 0.294 bits per heavy atom. The summed E-state index contributed by atoms with van der Waals surface area (Å²) < 4.78 is 9.44. The minimum atomic E-state index is 0.566. The third-order valence-electron chi connectivity index (χ3n) is 13.1. The molecule has 5 nitrogen and oxygen atoms in total. The molecule has 0 atom stereocenters. The Kier molecular flexibility index (Phi) is 9.43. The van der Waals surface area contributed by atoms with Gasteiger partial charge < -0.3 is 8.98 Å². The molecule has 0 spiro atoms. The molecule has 0 bridgehead atoms. The van der Waals surface area contributed by atoms with E-state index in [1.54, 1.807) is 0 Å². The molecule has 318 valence electrons. The summed E-state index contributed by atoms with van der Waals surface area (Å²) >= 11 is 0. The number of benzene rings is 10. The van der Waals surface area contributed by atoms with Crippen LogP contribution in [0.4, 0.5) is 0 Å². The van der Waals surface area contributed by atoms with E-state index >= 15 is 0 Å². The molecule has 3 heterocycles. The number of nitrogens with zero attached hydrogens (tertiary/aromatic N) is 4. The average molecular weight is 869 g/mol. The lowest BCUT2D eigenvalue weighted by atomic mass is 9.88. The summed E-state index contributed by atoms with van der Waals surface area (Å²) in [5.41, 5.74) is 16.3. The zero-order chi connectivity index (χ0) is 45.0. The van der Waals surface area contributed by atoms with Gasteiger partial charge in [-0.1, -0.05) is 200 Å². The van der Waals surface area contributed by atoms with Gasteiger partial charge in [0.15, 0.2) is 17.5 Å². The van der Waals surface area contributed by atoms with Gasteiger partial charge in [-0.2, -0.15) is 0 Å². The lowest BCUT2D eigenvalue weighted by molar-refractivity contribution is 0.670. The Morgan fingerprint density at radius 2 is 0.838 bits per heavy atom. The molecule has 0 amide bonds. The first kappa shape index (κ1) is 39.2. The number of para-hydroxylation sites is 3. The maximum Gasteiger partial charge on any atom is 0.164 e. The van der Waals surface area contributed by atoms with Crippen LogP contribution >= 0.6 is 0 Å². The van der Waals surface area contributed by atoms with Gasteiger partial charge in [-0.25, -0.2) is 15.0 Å². The molecule has 0 saturated carbocycles. The summed E-state index contributed by atoms with van der Waals surface area (Å²) in [4.78, 5) is 15.8. The molecule has 3 aromatic heterocycles. The van der Waals surface area contributed by atoms with Crippen molar-refractivity contribution in [1.29, 1.82) is 0 Å². The van der Waals surface area contributed by atoms with Crippen LogP contribution in [0.1, 0.15) is 0 Å². The molecule has 0 radical (unpaired) electrons. The maximum atomic E-state index is 7.08. The van der Waals surface area contributed by atoms with Gasteiger partial charge in [-0.3, -0.25) is 0 Å². The first-order valence-corrected chi connectivity index (χ1v) is 22.9. The minimum absolute atomic E-state index is 0.566. The Hall–Kier alpha value is -9.19. The number of furan rings is 1. The van der Waals surface area contributed by atoms with Crippen molar-refractivity contribution in [2.45, 2.75) is 0 Å². The summed E-state index contributed by atoms with van der Waals surface area (Å²) in [5, 5.41) is 4.47. The molecule has 0 aliphatic rings. The van der Waals surface area contributed by atoms with E-state index in [2.05, 4.69) is 211 Å². The van der Waals surface area contributed by atoms with Crippen LogP contribution in [0, 0.1) is 0 Å². The van der Waals surface area contributed by atoms with E-state index in [0.29, 0.717) is 17.5 Å². The van der Waals surface area contributed by atoms with Gasteiger partial charge in [0.2, 0.25) is 0 Å². The molecule has 0 aliphatic carbocycles. The van der Waals surface area contributed by atoms with E-state index in [9.17, 15) is 0 Å². The van der Waals surface area contributed by atoms with Gasteiger partial charge in [0.25, 0.3) is 0 Å². The van der Waals surface area contributed by atoms with Crippen molar-refractivity contribution in [3.8, 4) is 84.4 Å². The van der Waals surface area contributed by atoms with Gasteiger partial charge in [0.1, 0.15) is 11.2 Å². The van der Waals surface area contributed by atoms with Crippen LogP contribution in [-0.4, -0.2) is 19.5 Å². The third-order valence-corrected chi connectivity index (χ3v) is 13.1. The van der Waals surface area contributed by atoms with Crippen LogP contribution in [0.15, 0.2) is 247 Å². The number of aromatic nitrogens is 4. The van der Waals surface area contributed by atoms with Crippen LogP contribution in [0.2, 0.25) is 0 Å². The van der Waals surface area contributed by atoms with Crippen LogP contribution in [0.5, 0.6) is 0 Å². The van der Waals surface area contributed by atoms with Crippen molar-refractivity contribution in [1.82, 2.24) is 19.5 Å². The average Bonchev–Trinajstić information content (AvgIpc) is 3.98. The highest BCUT2D eigenvalue weighted by atomic mass is 16.3. The topological polar surface area (TPSA) is 56.7 Å². The van der Waals surface area contributed by atoms with E-state index in [1.165, 1.54) is 5.39 Å². The monoisotopic (exact) mass is 868 g/mol. The summed E-state index contributed by atoms with van der Waals surface area (Å²) in [6, 6.07) is 85.1. The molecule has 0 unspecified atom stereocenters. The van der Waals surface area contributed by atoms with Crippen molar-refractivity contribution >= 4 is 43.7 Å². The largest absolute Gasteiger partial charge is 0.455 e. The summed E-state index contributed by atoms with van der Waals surface area (Å²) in [7, 11) is 0. The van der Waals surface area contributed by atoms with E-state index in [1.807, 2.05) is 36.4 Å². The van der Waals surface area contributed by atoms with E-state index in [0.717, 1.165) is 105 Å². The fraction of sp³-hybridized carbons (Fsp3) is 0. The molecular weight excluding hydrogens is 829 g/mol. The molecule has 5 heteroatoms. The second kappa shape index (κ2) is 16.4. The van der Waals surface area contributed by atoms with Crippen LogP contribution < -0.4 is 0 Å². The Bertz CT molecular complexity index is 3940. The lowest BCUT2D eigenvalue weighted by Gasteiger charge is -2.17. The molecule has 13 aromatic rings. The highest BCUT2D eigenvalue weighted by molar-refractivity contribution is 6.28.